The average Bonchev–Trinajstić information content (AvgIpc) is 2.62. The molecular formula is C11H17NO2S. The standard InChI is InChI=1S/C11H17NO2S/c1-4-7-8-9(5-2)15-10(12-8)11(13)14-6-3/h4-7H2,1-3H3. The number of rotatable bonds is 5. The molecule has 0 N–H and O–H groups in total. The van der Waals surface area contributed by atoms with Crippen LogP contribution in [0.15, 0.2) is 0 Å². The molecule has 0 spiro atoms. The minimum atomic E-state index is -0.292. The zero-order chi connectivity index (χ0) is 11.3. The molecule has 1 aromatic rings. The fourth-order valence-electron chi connectivity index (χ4n) is 1.37. The van der Waals surface area contributed by atoms with Crippen molar-refractivity contribution in [2.24, 2.45) is 0 Å². The third-order valence-electron chi connectivity index (χ3n) is 2.04. The third kappa shape index (κ3) is 3.02. The number of aromatic nitrogens is 1. The Bertz CT molecular complexity index is 333. The first kappa shape index (κ1) is 12.2. The summed E-state index contributed by atoms with van der Waals surface area (Å²) in [7, 11) is 0. The number of carbonyl (C=O) groups excluding carboxylic acids is 1. The summed E-state index contributed by atoms with van der Waals surface area (Å²) in [5.41, 5.74) is 1.06. The Morgan fingerprint density at radius 3 is 2.67 bits per heavy atom. The van der Waals surface area contributed by atoms with Crippen molar-refractivity contribution in [2.75, 3.05) is 6.61 Å². The quantitative estimate of drug-likeness (QED) is 0.726. The Labute approximate surface area is 94.5 Å². The van der Waals surface area contributed by atoms with Crippen LogP contribution in [0, 0.1) is 0 Å². The van der Waals surface area contributed by atoms with Crippen LogP contribution in [-0.4, -0.2) is 17.6 Å². The van der Waals surface area contributed by atoms with Crippen LogP contribution in [0.25, 0.3) is 0 Å². The maximum absolute atomic E-state index is 11.5. The highest BCUT2D eigenvalue weighted by molar-refractivity contribution is 7.13. The van der Waals surface area contributed by atoms with E-state index in [1.807, 2.05) is 0 Å². The molecule has 0 fully saturated rings. The lowest BCUT2D eigenvalue weighted by molar-refractivity contribution is 0.0525. The number of carbonyl (C=O) groups is 1. The van der Waals surface area contributed by atoms with E-state index in [0.29, 0.717) is 11.6 Å². The van der Waals surface area contributed by atoms with E-state index in [1.54, 1.807) is 6.92 Å². The van der Waals surface area contributed by atoms with Crippen molar-refractivity contribution in [2.45, 2.75) is 40.0 Å². The van der Waals surface area contributed by atoms with Gasteiger partial charge in [0.1, 0.15) is 0 Å². The van der Waals surface area contributed by atoms with Crippen molar-refractivity contribution < 1.29 is 9.53 Å². The van der Waals surface area contributed by atoms with Gasteiger partial charge in [0.15, 0.2) is 0 Å². The smallest absolute Gasteiger partial charge is 0.367 e. The number of ether oxygens (including phenoxy) is 1. The van der Waals surface area contributed by atoms with Crippen LogP contribution in [0.2, 0.25) is 0 Å². The molecule has 0 aliphatic rings. The van der Waals surface area contributed by atoms with Crippen LogP contribution in [0.3, 0.4) is 0 Å². The fraction of sp³-hybridized carbons (Fsp3) is 0.636. The molecule has 0 aliphatic heterocycles. The van der Waals surface area contributed by atoms with Gasteiger partial charge in [0.25, 0.3) is 0 Å². The van der Waals surface area contributed by atoms with E-state index in [2.05, 4.69) is 18.8 Å². The van der Waals surface area contributed by atoms with Crippen LogP contribution in [0.1, 0.15) is 47.6 Å². The highest BCUT2D eigenvalue weighted by Gasteiger charge is 2.15. The second kappa shape index (κ2) is 5.85. The summed E-state index contributed by atoms with van der Waals surface area (Å²) >= 11 is 1.46. The molecule has 0 radical (unpaired) electrons. The Hall–Kier alpha value is -0.900. The van der Waals surface area contributed by atoms with Gasteiger partial charge in [0.05, 0.1) is 12.3 Å². The molecule has 1 heterocycles. The normalized spacial score (nSPS) is 10.3. The van der Waals surface area contributed by atoms with E-state index in [9.17, 15) is 4.79 Å². The SMILES string of the molecule is CCCc1nc(C(=O)OCC)sc1CC. The highest BCUT2D eigenvalue weighted by Crippen LogP contribution is 2.21. The van der Waals surface area contributed by atoms with Gasteiger partial charge in [-0.25, -0.2) is 9.78 Å². The summed E-state index contributed by atoms with van der Waals surface area (Å²) in [5, 5.41) is 0.497. The summed E-state index contributed by atoms with van der Waals surface area (Å²) in [6.07, 6.45) is 2.94. The van der Waals surface area contributed by atoms with E-state index in [1.165, 1.54) is 16.2 Å². The second-order valence-electron chi connectivity index (χ2n) is 3.21. The van der Waals surface area contributed by atoms with E-state index in [4.69, 9.17) is 4.74 Å². The maximum Gasteiger partial charge on any atom is 0.367 e. The molecule has 0 bridgehead atoms. The van der Waals surface area contributed by atoms with Crippen molar-refractivity contribution in [3.05, 3.63) is 15.6 Å². The van der Waals surface area contributed by atoms with Gasteiger partial charge in [0, 0.05) is 4.88 Å². The Balaban J connectivity index is 2.86. The molecule has 0 aromatic carbocycles. The van der Waals surface area contributed by atoms with Crippen molar-refractivity contribution in [1.29, 1.82) is 0 Å². The van der Waals surface area contributed by atoms with Crippen molar-refractivity contribution in [3.8, 4) is 0 Å². The summed E-state index contributed by atoms with van der Waals surface area (Å²) in [4.78, 5) is 17.0. The van der Waals surface area contributed by atoms with E-state index >= 15 is 0 Å². The fourth-order valence-corrected chi connectivity index (χ4v) is 2.31. The van der Waals surface area contributed by atoms with Crippen molar-refractivity contribution in [1.82, 2.24) is 4.98 Å². The molecule has 1 rings (SSSR count). The Morgan fingerprint density at radius 1 is 1.40 bits per heavy atom. The molecule has 0 atom stereocenters. The minimum absolute atomic E-state index is 0.292. The van der Waals surface area contributed by atoms with Gasteiger partial charge in [-0.1, -0.05) is 20.3 Å². The van der Waals surface area contributed by atoms with Crippen LogP contribution in [-0.2, 0) is 17.6 Å². The van der Waals surface area contributed by atoms with Crippen LogP contribution in [0.4, 0.5) is 0 Å². The number of hydrogen-bond donors (Lipinski definition) is 0. The first-order valence-electron chi connectivity index (χ1n) is 5.38. The zero-order valence-electron chi connectivity index (χ0n) is 9.50. The molecule has 0 saturated heterocycles. The molecule has 4 heteroatoms. The predicted molar refractivity (Wildman–Crippen MR) is 61.4 cm³/mol. The number of nitrogens with zero attached hydrogens (tertiary/aromatic N) is 1. The number of thiazole rings is 1. The van der Waals surface area contributed by atoms with E-state index in [0.717, 1.165) is 25.0 Å². The van der Waals surface area contributed by atoms with E-state index < -0.39 is 0 Å². The zero-order valence-corrected chi connectivity index (χ0v) is 10.3. The molecule has 0 aliphatic carbocycles. The highest BCUT2D eigenvalue weighted by atomic mass is 32.1. The number of hydrogen-bond acceptors (Lipinski definition) is 4. The maximum atomic E-state index is 11.5. The summed E-state index contributed by atoms with van der Waals surface area (Å²) in [6.45, 7) is 6.41. The first-order valence-corrected chi connectivity index (χ1v) is 6.20. The average molecular weight is 227 g/mol. The number of aryl methyl sites for hydroxylation is 2. The van der Waals surface area contributed by atoms with Gasteiger partial charge in [-0.05, 0) is 19.8 Å². The molecule has 84 valence electrons. The summed E-state index contributed by atoms with van der Waals surface area (Å²) in [5.74, 6) is -0.292. The largest absolute Gasteiger partial charge is 0.461 e. The molecule has 0 saturated carbocycles. The molecule has 1 aromatic heterocycles. The van der Waals surface area contributed by atoms with Gasteiger partial charge in [-0.3, -0.25) is 0 Å². The third-order valence-corrected chi connectivity index (χ3v) is 3.26. The topological polar surface area (TPSA) is 39.2 Å². The summed E-state index contributed by atoms with van der Waals surface area (Å²) < 4.78 is 4.93. The predicted octanol–water partition coefficient (Wildman–Crippen LogP) is 2.83. The lowest BCUT2D eigenvalue weighted by Gasteiger charge is -1.95. The van der Waals surface area contributed by atoms with Gasteiger partial charge in [-0.2, -0.15) is 0 Å². The first-order chi connectivity index (χ1) is 7.22. The van der Waals surface area contributed by atoms with E-state index in [-0.39, 0.29) is 5.97 Å². The van der Waals surface area contributed by atoms with Gasteiger partial charge in [-0.15, -0.1) is 11.3 Å². The molecule has 15 heavy (non-hydrogen) atoms. The molecule has 0 unspecified atom stereocenters. The Morgan fingerprint density at radius 2 is 2.13 bits per heavy atom. The number of esters is 1. The molecule has 0 amide bonds. The lowest BCUT2D eigenvalue weighted by atomic mass is 10.2. The van der Waals surface area contributed by atoms with Gasteiger partial charge < -0.3 is 4.74 Å². The lowest BCUT2D eigenvalue weighted by Crippen LogP contribution is -2.04. The van der Waals surface area contributed by atoms with Crippen molar-refractivity contribution >= 4 is 17.3 Å². The minimum Gasteiger partial charge on any atom is -0.461 e. The van der Waals surface area contributed by atoms with Gasteiger partial charge >= 0.3 is 5.97 Å². The molecular weight excluding hydrogens is 210 g/mol. The second-order valence-corrected chi connectivity index (χ2v) is 4.30. The Kier molecular flexibility index (Phi) is 4.75. The molecule has 3 nitrogen and oxygen atoms in total. The van der Waals surface area contributed by atoms with Crippen LogP contribution < -0.4 is 0 Å². The monoisotopic (exact) mass is 227 g/mol. The van der Waals surface area contributed by atoms with Crippen molar-refractivity contribution in [3.63, 3.8) is 0 Å². The van der Waals surface area contributed by atoms with Crippen LogP contribution in [0.5, 0.6) is 0 Å². The van der Waals surface area contributed by atoms with Crippen LogP contribution >= 0.6 is 11.3 Å². The van der Waals surface area contributed by atoms with Gasteiger partial charge in [0.2, 0.25) is 5.01 Å². The summed E-state index contributed by atoms with van der Waals surface area (Å²) in [6, 6.07) is 0.